The number of nitrogens with zero attached hydrogens (tertiary/aromatic N) is 1. The molecule has 0 spiro atoms. The topological polar surface area (TPSA) is 35.8 Å². The summed E-state index contributed by atoms with van der Waals surface area (Å²) in [5.74, 6) is 0. The number of hydrogen-bond donors (Lipinski definition) is 1. The Kier molecular flexibility index (Phi) is 4.85. The second-order valence-corrected chi connectivity index (χ2v) is 7.01. The van der Waals surface area contributed by atoms with Gasteiger partial charge in [-0.05, 0) is 39.2 Å². The average Bonchev–Trinajstić information content (AvgIpc) is 2.74. The molecule has 0 aliphatic carbocycles. The van der Waals surface area contributed by atoms with Crippen molar-refractivity contribution >= 4 is 23.1 Å². The molecule has 1 atom stereocenters. The highest BCUT2D eigenvalue weighted by Crippen LogP contribution is 2.25. The van der Waals surface area contributed by atoms with Gasteiger partial charge < -0.3 is 5.32 Å². The maximum atomic E-state index is 8.77. The zero-order valence-corrected chi connectivity index (χ0v) is 11.8. The Balaban J connectivity index is 2.53. The van der Waals surface area contributed by atoms with E-state index in [1.54, 1.807) is 11.3 Å². The van der Waals surface area contributed by atoms with Crippen LogP contribution in [-0.4, -0.2) is 17.5 Å². The number of nitrogens with one attached hydrogen (secondary N) is 1. The molecule has 1 N–H and O–H groups in total. The minimum Gasteiger partial charge on any atom is -0.308 e. The van der Waals surface area contributed by atoms with E-state index in [4.69, 9.17) is 5.26 Å². The Morgan fingerprint density at radius 3 is 2.75 bits per heavy atom. The van der Waals surface area contributed by atoms with E-state index < -0.39 is 0 Å². The molecule has 0 aliphatic rings. The van der Waals surface area contributed by atoms with Crippen molar-refractivity contribution < 1.29 is 0 Å². The second kappa shape index (κ2) is 5.72. The molecular weight excluding hydrogens is 236 g/mol. The van der Waals surface area contributed by atoms with E-state index in [0.717, 1.165) is 11.4 Å². The second-order valence-electron chi connectivity index (χ2n) is 4.38. The smallest absolute Gasteiger partial charge is 0.110 e. The molecule has 0 amide bonds. The average molecular weight is 254 g/mol. The lowest BCUT2D eigenvalue weighted by molar-refractivity contribution is 0.528. The van der Waals surface area contributed by atoms with Crippen molar-refractivity contribution in [1.82, 2.24) is 5.32 Å². The molecule has 4 heteroatoms. The zero-order valence-electron chi connectivity index (χ0n) is 10.2. The molecule has 2 nitrogen and oxygen atoms in total. The summed E-state index contributed by atoms with van der Waals surface area (Å²) in [7, 11) is 0. The van der Waals surface area contributed by atoms with E-state index >= 15 is 0 Å². The number of thioether (sulfide) groups is 1. The van der Waals surface area contributed by atoms with Gasteiger partial charge in [0.05, 0.1) is 0 Å². The van der Waals surface area contributed by atoms with Gasteiger partial charge in [0.25, 0.3) is 0 Å². The first-order valence-corrected chi connectivity index (χ1v) is 7.31. The minimum atomic E-state index is 0.254. The number of rotatable bonds is 5. The largest absolute Gasteiger partial charge is 0.308 e. The van der Waals surface area contributed by atoms with Crippen LogP contribution in [0.3, 0.4) is 0 Å². The summed E-state index contributed by atoms with van der Waals surface area (Å²) in [6.45, 7) is 7.57. The molecule has 0 saturated heterocycles. The third-order valence-corrected chi connectivity index (χ3v) is 4.97. The van der Waals surface area contributed by atoms with Gasteiger partial charge in [0.1, 0.15) is 10.9 Å². The van der Waals surface area contributed by atoms with Gasteiger partial charge in [0.15, 0.2) is 0 Å². The van der Waals surface area contributed by atoms with E-state index in [0.29, 0.717) is 6.04 Å². The van der Waals surface area contributed by atoms with Crippen molar-refractivity contribution in [2.75, 3.05) is 12.8 Å². The Hall–Kier alpha value is -0.500. The Morgan fingerprint density at radius 2 is 2.25 bits per heavy atom. The predicted octanol–water partition coefficient (Wildman–Crippen LogP) is 3.41. The normalized spacial score (nSPS) is 13.4. The molecule has 0 fully saturated rings. The van der Waals surface area contributed by atoms with Gasteiger partial charge in [-0.15, -0.1) is 11.3 Å². The van der Waals surface area contributed by atoms with Gasteiger partial charge in [0, 0.05) is 22.2 Å². The van der Waals surface area contributed by atoms with Crippen molar-refractivity contribution in [3.05, 3.63) is 21.9 Å². The van der Waals surface area contributed by atoms with Crippen LogP contribution in [0.25, 0.3) is 0 Å². The van der Waals surface area contributed by atoms with Crippen molar-refractivity contribution in [3.63, 3.8) is 0 Å². The Morgan fingerprint density at radius 1 is 1.56 bits per heavy atom. The molecule has 1 rings (SSSR count). The highest BCUT2D eigenvalue weighted by molar-refractivity contribution is 7.99. The van der Waals surface area contributed by atoms with Gasteiger partial charge in [-0.3, -0.25) is 0 Å². The summed E-state index contributed by atoms with van der Waals surface area (Å²) >= 11 is 3.43. The van der Waals surface area contributed by atoms with Crippen LogP contribution in [0, 0.1) is 11.3 Å². The third kappa shape index (κ3) is 3.82. The van der Waals surface area contributed by atoms with Gasteiger partial charge in [-0.25, -0.2) is 0 Å². The first kappa shape index (κ1) is 13.6. The van der Waals surface area contributed by atoms with Gasteiger partial charge >= 0.3 is 0 Å². The molecule has 88 valence electrons. The van der Waals surface area contributed by atoms with Crippen LogP contribution in [0.5, 0.6) is 0 Å². The van der Waals surface area contributed by atoms with E-state index in [2.05, 4.69) is 38.4 Å². The van der Waals surface area contributed by atoms with Crippen LogP contribution in [0.1, 0.15) is 36.6 Å². The van der Waals surface area contributed by atoms with Crippen LogP contribution >= 0.6 is 23.1 Å². The summed E-state index contributed by atoms with van der Waals surface area (Å²) in [5, 5.41) is 12.3. The van der Waals surface area contributed by atoms with Crippen LogP contribution < -0.4 is 5.32 Å². The van der Waals surface area contributed by atoms with Gasteiger partial charge in [0.2, 0.25) is 0 Å². The van der Waals surface area contributed by atoms with Crippen LogP contribution in [0.15, 0.2) is 12.1 Å². The summed E-state index contributed by atoms with van der Waals surface area (Å²) in [6.07, 6.45) is 2.13. The van der Waals surface area contributed by atoms with Crippen LogP contribution in [0.2, 0.25) is 0 Å². The molecule has 0 aromatic carbocycles. The number of hydrogen-bond acceptors (Lipinski definition) is 4. The standard InChI is InChI=1S/C12H18N2S2/c1-9(14-8-12(2,3)15-4)11-6-5-10(7-13)16-11/h5-6,9,14H,8H2,1-4H3. The highest BCUT2D eigenvalue weighted by Gasteiger charge is 2.17. The monoisotopic (exact) mass is 254 g/mol. The molecule has 1 aromatic rings. The molecule has 0 aliphatic heterocycles. The summed E-state index contributed by atoms with van der Waals surface area (Å²) in [6, 6.07) is 6.41. The van der Waals surface area contributed by atoms with Gasteiger partial charge in [-0.2, -0.15) is 17.0 Å². The molecule has 16 heavy (non-hydrogen) atoms. The lowest BCUT2D eigenvalue weighted by Gasteiger charge is -2.24. The highest BCUT2D eigenvalue weighted by atomic mass is 32.2. The minimum absolute atomic E-state index is 0.254. The molecular formula is C12H18N2S2. The quantitative estimate of drug-likeness (QED) is 0.874. The Bertz CT molecular complexity index is 377. The van der Waals surface area contributed by atoms with E-state index in [1.165, 1.54) is 4.88 Å². The summed E-state index contributed by atoms with van der Waals surface area (Å²) in [4.78, 5) is 2.02. The lowest BCUT2D eigenvalue weighted by Crippen LogP contribution is -2.33. The van der Waals surface area contributed by atoms with Crippen molar-refractivity contribution in [3.8, 4) is 6.07 Å². The number of nitriles is 1. The van der Waals surface area contributed by atoms with Crippen molar-refractivity contribution in [2.24, 2.45) is 0 Å². The molecule has 0 saturated carbocycles. The fourth-order valence-electron chi connectivity index (χ4n) is 1.22. The molecule has 0 radical (unpaired) electrons. The summed E-state index contributed by atoms with van der Waals surface area (Å²) in [5.41, 5.74) is 0. The maximum absolute atomic E-state index is 8.77. The predicted molar refractivity (Wildman–Crippen MR) is 73.0 cm³/mol. The first-order chi connectivity index (χ1) is 7.48. The lowest BCUT2D eigenvalue weighted by atomic mass is 10.2. The van der Waals surface area contributed by atoms with E-state index in [9.17, 15) is 0 Å². The first-order valence-electron chi connectivity index (χ1n) is 5.27. The van der Waals surface area contributed by atoms with E-state index in [1.807, 2.05) is 23.9 Å². The fraction of sp³-hybridized carbons (Fsp3) is 0.583. The van der Waals surface area contributed by atoms with Crippen molar-refractivity contribution in [2.45, 2.75) is 31.6 Å². The molecule has 0 bridgehead atoms. The van der Waals surface area contributed by atoms with E-state index in [-0.39, 0.29) is 4.75 Å². The van der Waals surface area contributed by atoms with Gasteiger partial charge in [-0.1, -0.05) is 0 Å². The van der Waals surface area contributed by atoms with Crippen molar-refractivity contribution in [1.29, 1.82) is 5.26 Å². The molecule has 1 unspecified atom stereocenters. The number of thiophene rings is 1. The maximum Gasteiger partial charge on any atom is 0.110 e. The molecule has 1 heterocycles. The zero-order chi connectivity index (χ0) is 12.2. The molecule has 1 aromatic heterocycles. The van der Waals surface area contributed by atoms with Crippen LogP contribution in [-0.2, 0) is 0 Å². The Labute approximate surface area is 106 Å². The summed E-state index contributed by atoms with van der Waals surface area (Å²) < 4.78 is 0.254. The van der Waals surface area contributed by atoms with Crippen LogP contribution in [0.4, 0.5) is 0 Å². The fourth-order valence-corrected chi connectivity index (χ4v) is 2.28. The third-order valence-electron chi connectivity index (χ3n) is 2.55. The SMILES string of the molecule is CSC(C)(C)CNC(C)c1ccc(C#N)s1.